The number of rotatable bonds is 8. The van der Waals surface area contributed by atoms with Gasteiger partial charge in [-0.3, -0.25) is 4.79 Å². The Balaban J connectivity index is 1.77. The van der Waals surface area contributed by atoms with Gasteiger partial charge in [-0.1, -0.05) is 13.3 Å². The lowest BCUT2D eigenvalue weighted by atomic mass is 10.2. The van der Waals surface area contributed by atoms with Crippen molar-refractivity contribution < 1.29 is 9.53 Å². The second-order valence-electron chi connectivity index (χ2n) is 5.29. The van der Waals surface area contributed by atoms with E-state index in [1.807, 2.05) is 12.1 Å². The topological polar surface area (TPSA) is 38.3 Å². The fourth-order valence-electron chi connectivity index (χ4n) is 1.95. The number of hydrogen-bond donors (Lipinski definition) is 1. The average molecular weight is 296 g/mol. The van der Waals surface area contributed by atoms with Crippen LogP contribution in [0.2, 0.25) is 0 Å². The monoisotopic (exact) mass is 295 g/mol. The highest BCUT2D eigenvalue weighted by Crippen LogP contribution is 2.35. The summed E-state index contributed by atoms with van der Waals surface area (Å²) < 4.78 is 5.57. The summed E-state index contributed by atoms with van der Waals surface area (Å²) in [5.41, 5.74) is 0.646. The van der Waals surface area contributed by atoms with Crippen molar-refractivity contribution in [2.24, 2.45) is 5.92 Å². The molecule has 3 nitrogen and oxygen atoms in total. The summed E-state index contributed by atoms with van der Waals surface area (Å²) in [5, 5.41) is 2.95. The van der Waals surface area contributed by atoms with Crippen LogP contribution in [-0.2, 0) is 0 Å². The molecular formula is C16H22ClNO2. The van der Waals surface area contributed by atoms with Crippen LogP contribution in [0.1, 0.15) is 43.0 Å². The minimum absolute atomic E-state index is 0.0654. The van der Waals surface area contributed by atoms with E-state index in [0.29, 0.717) is 18.0 Å². The minimum Gasteiger partial charge on any atom is -0.494 e. The standard InChI is InChI=1S/C16H22ClNO2/c1-2-3-10-20-14-8-6-13(7-9-14)16(19)18-11-15(17)12-4-5-12/h6-9,12,15H,2-5,10-11H2,1H3,(H,18,19). The van der Waals surface area contributed by atoms with Gasteiger partial charge >= 0.3 is 0 Å². The van der Waals surface area contributed by atoms with Crippen LogP contribution in [0.15, 0.2) is 24.3 Å². The predicted octanol–water partition coefficient (Wildman–Crippen LogP) is 3.61. The van der Waals surface area contributed by atoms with E-state index in [0.717, 1.165) is 25.2 Å². The normalized spacial score (nSPS) is 15.7. The molecule has 1 amide bonds. The highest BCUT2D eigenvalue weighted by molar-refractivity contribution is 6.21. The molecule has 0 saturated heterocycles. The summed E-state index contributed by atoms with van der Waals surface area (Å²) >= 11 is 6.17. The Kier molecular flexibility index (Phi) is 5.72. The number of benzene rings is 1. The van der Waals surface area contributed by atoms with Crippen LogP contribution < -0.4 is 10.1 Å². The molecule has 2 rings (SSSR count). The molecule has 1 aromatic carbocycles. The molecule has 1 aromatic rings. The van der Waals surface area contributed by atoms with Crippen LogP contribution in [0, 0.1) is 5.92 Å². The lowest BCUT2D eigenvalue weighted by Gasteiger charge is -2.10. The lowest BCUT2D eigenvalue weighted by molar-refractivity contribution is 0.0953. The molecule has 4 heteroatoms. The van der Waals surface area contributed by atoms with Crippen molar-refractivity contribution in [3.8, 4) is 5.75 Å². The van der Waals surface area contributed by atoms with Gasteiger partial charge in [0, 0.05) is 12.1 Å². The zero-order valence-corrected chi connectivity index (χ0v) is 12.7. The zero-order valence-electron chi connectivity index (χ0n) is 11.9. The summed E-state index contributed by atoms with van der Waals surface area (Å²) in [6, 6.07) is 7.25. The number of nitrogens with one attached hydrogen (secondary N) is 1. The zero-order chi connectivity index (χ0) is 14.4. The molecule has 1 unspecified atom stereocenters. The number of amides is 1. The molecular weight excluding hydrogens is 274 g/mol. The molecule has 1 aliphatic carbocycles. The van der Waals surface area contributed by atoms with Crippen molar-refractivity contribution in [3.63, 3.8) is 0 Å². The third-order valence-corrected chi connectivity index (χ3v) is 3.98. The van der Waals surface area contributed by atoms with Gasteiger partial charge in [0.25, 0.3) is 5.91 Å². The molecule has 0 bridgehead atoms. The van der Waals surface area contributed by atoms with Gasteiger partial charge < -0.3 is 10.1 Å². The lowest BCUT2D eigenvalue weighted by Crippen LogP contribution is -2.30. The van der Waals surface area contributed by atoms with Crippen LogP contribution in [0.3, 0.4) is 0 Å². The SMILES string of the molecule is CCCCOc1ccc(C(=O)NCC(Cl)C2CC2)cc1. The maximum atomic E-state index is 12.0. The number of ether oxygens (including phenoxy) is 1. The molecule has 1 aliphatic rings. The largest absolute Gasteiger partial charge is 0.494 e. The Morgan fingerprint density at radius 3 is 2.70 bits per heavy atom. The fraction of sp³-hybridized carbons (Fsp3) is 0.562. The van der Waals surface area contributed by atoms with E-state index in [4.69, 9.17) is 16.3 Å². The van der Waals surface area contributed by atoms with Crippen LogP contribution in [-0.4, -0.2) is 24.4 Å². The maximum Gasteiger partial charge on any atom is 0.251 e. The molecule has 1 fully saturated rings. The third kappa shape index (κ3) is 4.71. The van der Waals surface area contributed by atoms with Crippen LogP contribution in [0.4, 0.5) is 0 Å². The van der Waals surface area contributed by atoms with Crippen molar-refractivity contribution in [3.05, 3.63) is 29.8 Å². The summed E-state index contributed by atoms with van der Waals surface area (Å²) in [6.45, 7) is 3.39. The summed E-state index contributed by atoms with van der Waals surface area (Å²) in [7, 11) is 0. The Morgan fingerprint density at radius 2 is 2.10 bits per heavy atom. The first-order chi connectivity index (χ1) is 9.70. The van der Waals surface area contributed by atoms with E-state index in [2.05, 4.69) is 12.2 Å². The molecule has 1 atom stereocenters. The van der Waals surface area contributed by atoms with Crippen LogP contribution in [0.25, 0.3) is 0 Å². The number of hydrogen-bond acceptors (Lipinski definition) is 2. The molecule has 1 saturated carbocycles. The molecule has 0 spiro atoms. The van der Waals surface area contributed by atoms with Gasteiger partial charge in [0.2, 0.25) is 0 Å². The molecule has 110 valence electrons. The van der Waals surface area contributed by atoms with Crippen LogP contribution >= 0.6 is 11.6 Å². The second-order valence-corrected chi connectivity index (χ2v) is 5.85. The highest BCUT2D eigenvalue weighted by atomic mass is 35.5. The van der Waals surface area contributed by atoms with Gasteiger partial charge in [0.05, 0.1) is 12.0 Å². The first-order valence-corrected chi connectivity index (χ1v) is 7.79. The predicted molar refractivity (Wildman–Crippen MR) is 81.5 cm³/mol. The van der Waals surface area contributed by atoms with E-state index >= 15 is 0 Å². The molecule has 20 heavy (non-hydrogen) atoms. The molecule has 0 radical (unpaired) electrons. The van der Waals surface area contributed by atoms with E-state index < -0.39 is 0 Å². The van der Waals surface area contributed by atoms with Gasteiger partial charge in [-0.15, -0.1) is 11.6 Å². The third-order valence-electron chi connectivity index (χ3n) is 3.47. The number of alkyl halides is 1. The summed E-state index contributed by atoms with van der Waals surface area (Å²) in [5.74, 6) is 1.32. The minimum atomic E-state index is -0.0728. The van der Waals surface area contributed by atoms with E-state index in [-0.39, 0.29) is 11.3 Å². The number of carbonyl (C=O) groups is 1. The number of halogens is 1. The number of carbonyl (C=O) groups excluding carboxylic acids is 1. The van der Waals surface area contributed by atoms with E-state index in [1.165, 1.54) is 12.8 Å². The molecule has 0 aliphatic heterocycles. The summed E-state index contributed by atoms with van der Waals surface area (Å²) in [4.78, 5) is 12.0. The van der Waals surface area contributed by atoms with Gasteiger partial charge in [0.15, 0.2) is 0 Å². The smallest absolute Gasteiger partial charge is 0.251 e. The van der Waals surface area contributed by atoms with Gasteiger partial charge in [-0.25, -0.2) is 0 Å². The first kappa shape index (κ1) is 15.2. The van der Waals surface area contributed by atoms with Gasteiger partial charge in [0.1, 0.15) is 5.75 Å². The molecule has 0 heterocycles. The average Bonchev–Trinajstić information content (AvgIpc) is 3.30. The quantitative estimate of drug-likeness (QED) is 0.588. The summed E-state index contributed by atoms with van der Waals surface area (Å²) in [6.07, 6.45) is 4.53. The molecule has 1 N–H and O–H groups in total. The van der Waals surface area contributed by atoms with Gasteiger partial charge in [-0.2, -0.15) is 0 Å². The van der Waals surface area contributed by atoms with Crippen molar-refractivity contribution in [2.75, 3.05) is 13.2 Å². The fourth-order valence-corrected chi connectivity index (χ4v) is 2.28. The van der Waals surface area contributed by atoms with E-state index in [9.17, 15) is 4.79 Å². The number of unbranched alkanes of at least 4 members (excludes halogenated alkanes) is 1. The van der Waals surface area contributed by atoms with E-state index in [1.54, 1.807) is 12.1 Å². The van der Waals surface area contributed by atoms with Crippen molar-refractivity contribution in [1.29, 1.82) is 0 Å². The Bertz CT molecular complexity index is 429. The van der Waals surface area contributed by atoms with Crippen molar-refractivity contribution in [1.82, 2.24) is 5.32 Å². The Morgan fingerprint density at radius 1 is 1.40 bits per heavy atom. The Hall–Kier alpha value is -1.22. The maximum absolute atomic E-state index is 12.0. The Labute approximate surface area is 125 Å². The van der Waals surface area contributed by atoms with Crippen molar-refractivity contribution in [2.45, 2.75) is 38.0 Å². The first-order valence-electron chi connectivity index (χ1n) is 7.36. The van der Waals surface area contributed by atoms with Crippen LogP contribution in [0.5, 0.6) is 5.75 Å². The van der Waals surface area contributed by atoms with Crippen molar-refractivity contribution >= 4 is 17.5 Å². The highest BCUT2D eigenvalue weighted by Gasteiger charge is 2.29. The second kappa shape index (κ2) is 7.53. The molecule has 0 aromatic heterocycles. The van der Waals surface area contributed by atoms with Gasteiger partial charge in [-0.05, 0) is 49.4 Å².